The van der Waals surface area contributed by atoms with Crippen LogP contribution in [0, 0.1) is 0 Å². The van der Waals surface area contributed by atoms with Gasteiger partial charge < -0.3 is 5.32 Å². The molecule has 2 atom stereocenters. The van der Waals surface area contributed by atoms with E-state index in [9.17, 15) is 9.59 Å². The fourth-order valence-electron chi connectivity index (χ4n) is 1.87. The molecule has 0 saturated carbocycles. The summed E-state index contributed by atoms with van der Waals surface area (Å²) in [5.41, 5.74) is 1.85. The lowest BCUT2D eigenvalue weighted by molar-refractivity contribution is -0.122. The number of carbonyl (C=O) groups excluding carboxylic acids is 2. The molecule has 0 aliphatic rings. The molecule has 0 saturated heterocycles. The van der Waals surface area contributed by atoms with Gasteiger partial charge >= 0.3 is 0 Å². The van der Waals surface area contributed by atoms with E-state index in [1.165, 1.54) is 6.92 Å². The van der Waals surface area contributed by atoms with Gasteiger partial charge in [-0.1, -0.05) is 28.4 Å². The van der Waals surface area contributed by atoms with Crippen LogP contribution in [-0.4, -0.2) is 29.5 Å². The summed E-state index contributed by atoms with van der Waals surface area (Å²) in [6.07, 6.45) is 1.21. The number of benzene rings is 1. The molecule has 104 valence electrons. The highest BCUT2D eigenvalue weighted by atomic mass is 31.0. The topological polar surface area (TPSA) is 49.4 Å². The molecule has 1 N–H and O–H groups in total. The van der Waals surface area contributed by atoms with Crippen molar-refractivity contribution < 1.29 is 9.59 Å². The maximum absolute atomic E-state index is 11.9. The summed E-state index contributed by atoms with van der Waals surface area (Å²) < 4.78 is 1.87. The average Bonchev–Trinajstić information content (AvgIpc) is 2.36. The summed E-state index contributed by atoms with van der Waals surface area (Å²) in [7, 11) is 4.44. The quantitative estimate of drug-likeness (QED) is 0.813. The van der Waals surface area contributed by atoms with Crippen molar-refractivity contribution in [1.29, 1.82) is 0 Å². The van der Waals surface area contributed by atoms with Crippen LogP contribution in [0.3, 0.4) is 0 Å². The molecule has 0 bridgehead atoms. The SMILES string of the molecule is CCC(=O)[C@H](Cc1ccc(NC(C)=O)cc1)N(C)P. The number of ketones is 1. The minimum absolute atomic E-state index is 0.0866. The van der Waals surface area contributed by atoms with Gasteiger partial charge in [-0.15, -0.1) is 0 Å². The largest absolute Gasteiger partial charge is 0.326 e. The lowest BCUT2D eigenvalue weighted by atomic mass is 10.0. The molecule has 0 aromatic heterocycles. The molecular weight excluding hydrogens is 259 g/mol. The van der Waals surface area contributed by atoms with Crippen LogP contribution in [0.5, 0.6) is 0 Å². The van der Waals surface area contributed by atoms with Crippen LogP contribution in [0.25, 0.3) is 0 Å². The average molecular weight is 280 g/mol. The van der Waals surface area contributed by atoms with E-state index in [4.69, 9.17) is 0 Å². The normalized spacial score (nSPS) is 12.3. The van der Waals surface area contributed by atoms with Crippen LogP contribution < -0.4 is 5.32 Å². The van der Waals surface area contributed by atoms with Crippen molar-refractivity contribution in [1.82, 2.24) is 4.67 Å². The monoisotopic (exact) mass is 280 g/mol. The lowest BCUT2D eigenvalue weighted by Crippen LogP contribution is -2.33. The number of nitrogens with zero attached hydrogens (tertiary/aromatic N) is 1. The van der Waals surface area contributed by atoms with Crippen molar-refractivity contribution >= 4 is 26.8 Å². The summed E-state index contributed by atoms with van der Waals surface area (Å²) in [5.74, 6) is 0.139. The number of hydrogen-bond acceptors (Lipinski definition) is 3. The molecule has 5 heteroatoms. The molecular formula is C14H21N2O2P. The van der Waals surface area contributed by atoms with Gasteiger partial charge in [0, 0.05) is 19.0 Å². The summed E-state index contributed by atoms with van der Waals surface area (Å²) >= 11 is 0. The highest BCUT2D eigenvalue weighted by Gasteiger charge is 2.19. The third-order valence-corrected chi connectivity index (χ3v) is 3.27. The third kappa shape index (κ3) is 5.09. The number of anilines is 1. The highest BCUT2D eigenvalue weighted by molar-refractivity contribution is 7.13. The number of amides is 1. The number of nitrogens with one attached hydrogen (secondary N) is 1. The molecule has 0 aliphatic heterocycles. The van der Waals surface area contributed by atoms with Gasteiger partial charge in [0.15, 0.2) is 0 Å². The Morgan fingerprint density at radius 1 is 1.32 bits per heavy atom. The molecule has 19 heavy (non-hydrogen) atoms. The van der Waals surface area contributed by atoms with Crippen molar-refractivity contribution in [3.8, 4) is 0 Å². The predicted molar refractivity (Wildman–Crippen MR) is 81.0 cm³/mol. The predicted octanol–water partition coefficient (Wildman–Crippen LogP) is 2.26. The molecule has 0 spiro atoms. The maximum Gasteiger partial charge on any atom is 0.221 e. The van der Waals surface area contributed by atoms with E-state index in [1.54, 1.807) is 0 Å². The Balaban J connectivity index is 2.75. The molecule has 1 rings (SSSR count). The van der Waals surface area contributed by atoms with Gasteiger partial charge in [-0.2, -0.15) is 0 Å². The van der Waals surface area contributed by atoms with Gasteiger partial charge in [-0.25, -0.2) is 0 Å². The van der Waals surface area contributed by atoms with Crippen molar-refractivity contribution in [3.05, 3.63) is 29.8 Å². The van der Waals surface area contributed by atoms with Gasteiger partial charge in [-0.05, 0) is 31.2 Å². The van der Waals surface area contributed by atoms with Crippen molar-refractivity contribution in [2.45, 2.75) is 32.7 Å². The fraction of sp³-hybridized carbons (Fsp3) is 0.429. The summed E-state index contributed by atoms with van der Waals surface area (Å²) in [4.78, 5) is 22.8. The Hall–Kier alpha value is -1.25. The van der Waals surface area contributed by atoms with Gasteiger partial charge in [0.1, 0.15) is 5.78 Å². The molecule has 0 heterocycles. The first-order valence-corrected chi connectivity index (χ1v) is 6.82. The Bertz CT molecular complexity index is 443. The van der Waals surface area contributed by atoms with E-state index in [0.29, 0.717) is 12.8 Å². The van der Waals surface area contributed by atoms with E-state index in [2.05, 4.69) is 14.7 Å². The molecule has 4 nitrogen and oxygen atoms in total. The summed E-state index contributed by atoms with van der Waals surface area (Å²) in [6.45, 7) is 3.36. The Morgan fingerprint density at radius 3 is 2.32 bits per heavy atom. The Morgan fingerprint density at radius 2 is 1.89 bits per heavy atom. The van der Waals surface area contributed by atoms with E-state index in [-0.39, 0.29) is 17.7 Å². The van der Waals surface area contributed by atoms with Crippen LogP contribution in [0.15, 0.2) is 24.3 Å². The maximum atomic E-state index is 11.9. The second-order valence-corrected chi connectivity index (χ2v) is 5.40. The van der Waals surface area contributed by atoms with Gasteiger partial charge in [-0.3, -0.25) is 14.3 Å². The van der Waals surface area contributed by atoms with Crippen molar-refractivity contribution in [2.75, 3.05) is 12.4 Å². The molecule has 0 aliphatic carbocycles. The molecule has 1 aromatic rings. The summed E-state index contributed by atoms with van der Waals surface area (Å²) in [5, 5.41) is 2.72. The molecule has 0 fully saturated rings. The zero-order valence-corrected chi connectivity index (χ0v) is 12.8. The molecule has 0 radical (unpaired) electrons. The van der Waals surface area contributed by atoms with Gasteiger partial charge in [0.25, 0.3) is 0 Å². The Labute approximate surface area is 116 Å². The zero-order valence-electron chi connectivity index (χ0n) is 11.6. The molecule has 1 unspecified atom stereocenters. The first-order chi connectivity index (χ1) is 8.93. The van der Waals surface area contributed by atoms with Crippen LogP contribution in [0.4, 0.5) is 5.69 Å². The number of Topliss-reactive ketones (excluding diaryl/α,β-unsaturated/α-hetero) is 1. The van der Waals surface area contributed by atoms with E-state index in [0.717, 1.165) is 11.3 Å². The lowest BCUT2D eigenvalue weighted by Gasteiger charge is -2.22. The number of carbonyl (C=O) groups is 2. The van der Waals surface area contributed by atoms with Crippen LogP contribution in [0.1, 0.15) is 25.8 Å². The number of rotatable bonds is 6. The zero-order chi connectivity index (χ0) is 14.4. The molecule has 1 amide bonds. The third-order valence-electron chi connectivity index (χ3n) is 2.92. The smallest absolute Gasteiger partial charge is 0.221 e. The number of likely N-dealkylation sites (N-methyl/N-ethyl adjacent to an activating group) is 1. The second kappa shape index (κ2) is 7.37. The standard InChI is InChI=1S/C14H21N2O2P/c1-4-14(18)13(16(3)19)9-11-5-7-12(8-6-11)15-10(2)17/h5-8,13H,4,9,19H2,1-3H3,(H,15,17)/t13-/m0/s1. The number of hydrogen-bond donors (Lipinski definition) is 1. The summed E-state index contributed by atoms with van der Waals surface area (Å²) in [6, 6.07) is 7.46. The van der Waals surface area contributed by atoms with Gasteiger partial charge in [0.2, 0.25) is 5.91 Å². The van der Waals surface area contributed by atoms with Crippen molar-refractivity contribution in [2.24, 2.45) is 0 Å². The van der Waals surface area contributed by atoms with E-state index in [1.807, 2.05) is 42.9 Å². The first kappa shape index (κ1) is 15.8. The van der Waals surface area contributed by atoms with Crippen LogP contribution >= 0.6 is 9.39 Å². The van der Waals surface area contributed by atoms with E-state index < -0.39 is 0 Å². The second-order valence-electron chi connectivity index (χ2n) is 4.58. The molecule has 1 aromatic carbocycles. The van der Waals surface area contributed by atoms with E-state index >= 15 is 0 Å². The fourth-order valence-corrected chi connectivity index (χ4v) is 2.14. The van der Waals surface area contributed by atoms with Gasteiger partial charge in [0.05, 0.1) is 6.04 Å². The highest BCUT2D eigenvalue weighted by Crippen LogP contribution is 2.16. The van der Waals surface area contributed by atoms with Crippen molar-refractivity contribution in [3.63, 3.8) is 0 Å². The van der Waals surface area contributed by atoms with Crippen LogP contribution in [-0.2, 0) is 16.0 Å². The minimum atomic E-state index is -0.124. The first-order valence-electron chi connectivity index (χ1n) is 6.30. The Kier molecular flexibility index (Phi) is 6.13. The minimum Gasteiger partial charge on any atom is -0.326 e. The van der Waals surface area contributed by atoms with Crippen LogP contribution in [0.2, 0.25) is 0 Å².